The Morgan fingerprint density at radius 3 is 2.91 bits per heavy atom. The van der Waals surface area contributed by atoms with E-state index in [0.717, 1.165) is 25.9 Å². The average Bonchev–Trinajstić information content (AvgIpc) is 2.92. The van der Waals surface area contributed by atoms with Crippen molar-refractivity contribution < 1.29 is 4.79 Å². The third-order valence-corrected chi connectivity index (χ3v) is 3.74. The summed E-state index contributed by atoms with van der Waals surface area (Å²) >= 11 is 0. The molecule has 5 N–H and O–H groups in total. The number of nitrogens with two attached hydrogens (primary N) is 2. The maximum Gasteiger partial charge on any atom is 0.271 e. The van der Waals surface area contributed by atoms with Crippen LogP contribution in [0.1, 0.15) is 23.3 Å². The first-order valence-electron chi connectivity index (χ1n) is 7.46. The molecule has 1 amide bonds. The summed E-state index contributed by atoms with van der Waals surface area (Å²) in [5.74, 6) is 0.365. The molecule has 0 aliphatic carbocycles. The fourth-order valence-electron chi connectivity index (χ4n) is 2.64. The van der Waals surface area contributed by atoms with Gasteiger partial charge in [0.15, 0.2) is 11.5 Å². The van der Waals surface area contributed by atoms with Crippen molar-refractivity contribution in [3.63, 3.8) is 0 Å². The number of aryl methyl sites for hydroxylation is 1. The van der Waals surface area contributed by atoms with Crippen LogP contribution in [0, 0.1) is 0 Å². The van der Waals surface area contributed by atoms with Crippen LogP contribution in [0.3, 0.4) is 0 Å². The molecule has 3 rings (SSSR count). The summed E-state index contributed by atoms with van der Waals surface area (Å²) in [6, 6.07) is 0.121. The first kappa shape index (κ1) is 15.2. The minimum Gasteiger partial charge on any atom is -0.364 e. The van der Waals surface area contributed by atoms with Gasteiger partial charge in [0.2, 0.25) is 0 Å². The second-order valence-electron chi connectivity index (χ2n) is 5.67. The Hall–Kier alpha value is -2.68. The predicted octanol–water partition coefficient (Wildman–Crippen LogP) is -0.0199. The minimum absolute atomic E-state index is 0.0962. The largest absolute Gasteiger partial charge is 0.364 e. The number of amides is 1. The maximum atomic E-state index is 11.6. The van der Waals surface area contributed by atoms with Crippen molar-refractivity contribution in [3.8, 4) is 0 Å². The molecule has 1 fully saturated rings. The number of nitrogens with zero attached hydrogens (tertiary/aromatic N) is 5. The molecule has 1 aliphatic heterocycles. The Morgan fingerprint density at radius 2 is 2.26 bits per heavy atom. The highest BCUT2D eigenvalue weighted by molar-refractivity contribution is 5.96. The molecule has 0 radical (unpaired) electrons. The number of carbonyl (C=O) groups excluding carboxylic acids is 1. The number of piperidine rings is 1. The Morgan fingerprint density at radius 1 is 1.43 bits per heavy atom. The Labute approximate surface area is 133 Å². The van der Waals surface area contributed by atoms with E-state index in [9.17, 15) is 4.79 Å². The quantitative estimate of drug-likeness (QED) is 0.723. The highest BCUT2D eigenvalue weighted by Crippen LogP contribution is 2.22. The average molecular weight is 316 g/mol. The molecule has 0 aromatic carbocycles. The van der Waals surface area contributed by atoms with Crippen molar-refractivity contribution in [2.75, 3.05) is 23.3 Å². The lowest BCUT2D eigenvalue weighted by molar-refractivity contribution is 0.0996. The lowest BCUT2D eigenvalue weighted by Gasteiger charge is -2.31. The standard InChI is InChI=1S/C14H20N8O/c1-21-8-10(5-18-21)19-14-12(13(16)23)17-6-11(20-14)22-4-2-3-9(15)7-22/h5-6,8-9H,2-4,7,15H2,1H3,(H2,16,23)(H,19,20)/t9-/m0/s1. The topological polar surface area (TPSA) is 128 Å². The van der Waals surface area contributed by atoms with Gasteiger partial charge in [0.25, 0.3) is 5.91 Å². The minimum atomic E-state index is -0.634. The van der Waals surface area contributed by atoms with Gasteiger partial charge in [-0.15, -0.1) is 0 Å². The molecule has 23 heavy (non-hydrogen) atoms. The fraction of sp³-hybridized carbons (Fsp3) is 0.429. The molecule has 1 atom stereocenters. The van der Waals surface area contributed by atoms with Gasteiger partial charge in [0.05, 0.1) is 18.1 Å². The van der Waals surface area contributed by atoms with Gasteiger partial charge in [-0.25, -0.2) is 9.97 Å². The van der Waals surface area contributed by atoms with Crippen molar-refractivity contribution in [2.45, 2.75) is 18.9 Å². The molecular formula is C14H20N8O. The molecule has 9 nitrogen and oxygen atoms in total. The van der Waals surface area contributed by atoms with E-state index in [1.54, 1.807) is 30.3 Å². The first-order chi connectivity index (χ1) is 11.0. The van der Waals surface area contributed by atoms with Gasteiger partial charge in [0, 0.05) is 32.4 Å². The summed E-state index contributed by atoms with van der Waals surface area (Å²) in [5, 5.41) is 7.12. The normalized spacial score (nSPS) is 18.0. The highest BCUT2D eigenvalue weighted by Gasteiger charge is 2.21. The van der Waals surface area contributed by atoms with Crippen LogP contribution in [0.15, 0.2) is 18.6 Å². The van der Waals surface area contributed by atoms with Gasteiger partial charge in [-0.2, -0.15) is 5.10 Å². The van der Waals surface area contributed by atoms with Gasteiger partial charge < -0.3 is 21.7 Å². The van der Waals surface area contributed by atoms with Crippen molar-refractivity contribution in [3.05, 3.63) is 24.3 Å². The zero-order chi connectivity index (χ0) is 16.4. The van der Waals surface area contributed by atoms with E-state index in [-0.39, 0.29) is 11.7 Å². The number of hydrogen-bond acceptors (Lipinski definition) is 7. The Bertz CT molecular complexity index is 713. The van der Waals surface area contributed by atoms with Gasteiger partial charge in [-0.3, -0.25) is 9.48 Å². The smallest absolute Gasteiger partial charge is 0.271 e. The van der Waals surface area contributed by atoms with Gasteiger partial charge in [-0.05, 0) is 12.8 Å². The summed E-state index contributed by atoms with van der Waals surface area (Å²) in [6.45, 7) is 1.58. The third-order valence-electron chi connectivity index (χ3n) is 3.74. The zero-order valence-corrected chi connectivity index (χ0v) is 12.9. The van der Waals surface area contributed by atoms with Crippen molar-refractivity contribution in [2.24, 2.45) is 18.5 Å². The lowest BCUT2D eigenvalue weighted by atomic mass is 10.1. The molecule has 9 heteroatoms. The fourth-order valence-corrected chi connectivity index (χ4v) is 2.64. The molecule has 2 aromatic heterocycles. The van der Waals surface area contributed by atoms with Crippen LogP contribution in [-0.2, 0) is 7.05 Å². The van der Waals surface area contributed by atoms with Crippen LogP contribution in [0.2, 0.25) is 0 Å². The monoisotopic (exact) mass is 316 g/mol. The number of anilines is 3. The van der Waals surface area contributed by atoms with Gasteiger partial charge in [-0.1, -0.05) is 0 Å². The molecule has 0 saturated carbocycles. The number of nitrogens with one attached hydrogen (secondary N) is 1. The molecule has 0 unspecified atom stereocenters. The predicted molar refractivity (Wildman–Crippen MR) is 86.5 cm³/mol. The summed E-state index contributed by atoms with van der Waals surface area (Å²) < 4.78 is 1.65. The van der Waals surface area contributed by atoms with Crippen LogP contribution < -0.4 is 21.7 Å². The molecule has 0 bridgehead atoms. The van der Waals surface area contributed by atoms with E-state index in [4.69, 9.17) is 11.5 Å². The van der Waals surface area contributed by atoms with E-state index in [1.807, 2.05) is 0 Å². The third kappa shape index (κ3) is 3.39. The van der Waals surface area contributed by atoms with Crippen molar-refractivity contribution in [1.29, 1.82) is 0 Å². The molecule has 122 valence electrons. The Kier molecular flexibility index (Phi) is 4.11. The summed E-state index contributed by atoms with van der Waals surface area (Å²) in [4.78, 5) is 22.3. The molecule has 2 aromatic rings. The van der Waals surface area contributed by atoms with E-state index in [1.165, 1.54) is 0 Å². The van der Waals surface area contributed by atoms with Crippen LogP contribution in [0.25, 0.3) is 0 Å². The second kappa shape index (κ2) is 6.21. The number of aromatic nitrogens is 4. The van der Waals surface area contributed by atoms with Crippen LogP contribution >= 0.6 is 0 Å². The van der Waals surface area contributed by atoms with Gasteiger partial charge >= 0.3 is 0 Å². The van der Waals surface area contributed by atoms with Crippen molar-refractivity contribution >= 4 is 23.2 Å². The summed E-state index contributed by atoms with van der Waals surface area (Å²) in [6.07, 6.45) is 6.98. The van der Waals surface area contributed by atoms with E-state index < -0.39 is 5.91 Å². The van der Waals surface area contributed by atoms with E-state index in [0.29, 0.717) is 17.3 Å². The van der Waals surface area contributed by atoms with E-state index >= 15 is 0 Å². The second-order valence-corrected chi connectivity index (χ2v) is 5.67. The summed E-state index contributed by atoms with van der Waals surface area (Å²) in [7, 11) is 1.80. The molecule has 3 heterocycles. The van der Waals surface area contributed by atoms with Crippen LogP contribution in [-0.4, -0.2) is 44.8 Å². The van der Waals surface area contributed by atoms with E-state index in [2.05, 4.69) is 25.3 Å². The molecular weight excluding hydrogens is 296 g/mol. The van der Waals surface area contributed by atoms with Crippen molar-refractivity contribution in [1.82, 2.24) is 19.7 Å². The SMILES string of the molecule is Cn1cc(Nc2nc(N3CCC[C@H](N)C3)cnc2C(N)=O)cn1. The molecule has 0 spiro atoms. The highest BCUT2D eigenvalue weighted by atomic mass is 16.1. The Balaban J connectivity index is 1.91. The van der Waals surface area contributed by atoms with Crippen LogP contribution in [0.5, 0.6) is 0 Å². The first-order valence-corrected chi connectivity index (χ1v) is 7.46. The number of carbonyl (C=O) groups is 1. The van der Waals surface area contributed by atoms with Crippen LogP contribution in [0.4, 0.5) is 17.3 Å². The summed E-state index contributed by atoms with van der Waals surface area (Å²) in [5.41, 5.74) is 12.2. The number of hydrogen-bond donors (Lipinski definition) is 3. The molecule has 1 aliphatic rings. The lowest BCUT2D eigenvalue weighted by Crippen LogP contribution is -2.43. The number of rotatable bonds is 4. The zero-order valence-electron chi connectivity index (χ0n) is 12.9. The van der Waals surface area contributed by atoms with Gasteiger partial charge in [0.1, 0.15) is 5.82 Å². The number of primary amides is 1. The maximum absolute atomic E-state index is 11.6. The molecule has 1 saturated heterocycles.